The molecule has 0 bridgehead atoms. The zero-order chi connectivity index (χ0) is 17.1. The summed E-state index contributed by atoms with van der Waals surface area (Å²) in [6, 6.07) is 0. The normalized spacial score (nSPS) is 15.6. The highest BCUT2D eigenvalue weighted by Gasteiger charge is 2.27. The molecule has 0 radical (unpaired) electrons. The Morgan fingerprint density at radius 1 is 1.22 bits per heavy atom. The molecule has 6 heteroatoms. The molecular formula is C17H26N2O4. The minimum atomic E-state index is -0.0451. The van der Waals surface area contributed by atoms with Crippen LogP contribution in [0.1, 0.15) is 25.7 Å². The molecule has 6 nitrogen and oxygen atoms in total. The van der Waals surface area contributed by atoms with Crippen molar-refractivity contribution in [3.63, 3.8) is 0 Å². The van der Waals surface area contributed by atoms with Gasteiger partial charge in [0.1, 0.15) is 0 Å². The Morgan fingerprint density at radius 2 is 1.91 bits per heavy atom. The molecule has 128 valence electrons. The molecule has 0 aromatic heterocycles. The highest BCUT2D eigenvalue weighted by atomic mass is 16.5. The summed E-state index contributed by atoms with van der Waals surface area (Å²) in [6.45, 7) is 5.85. The van der Waals surface area contributed by atoms with Gasteiger partial charge in [0.05, 0.1) is 14.2 Å². The molecule has 0 aromatic rings. The maximum atomic E-state index is 11.4. The Morgan fingerprint density at radius 3 is 2.52 bits per heavy atom. The van der Waals surface area contributed by atoms with E-state index < -0.39 is 0 Å². The topological polar surface area (TPSA) is 67.9 Å². The summed E-state index contributed by atoms with van der Waals surface area (Å²) in [5.74, 6) is 0.991. The fourth-order valence-corrected chi connectivity index (χ4v) is 2.17. The van der Waals surface area contributed by atoms with E-state index in [4.69, 9.17) is 9.47 Å². The minimum absolute atomic E-state index is 0.0451. The summed E-state index contributed by atoms with van der Waals surface area (Å²) in [4.78, 5) is 24.2. The Kier molecular flexibility index (Phi) is 8.75. The molecule has 0 saturated carbocycles. The van der Waals surface area contributed by atoms with Gasteiger partial charge in [0.25, 0.3) is 0 Å². The number of ether oxygens (including phenoxy) is 2. The van der Waals surface area contributed by atoms with Gasteiger partial charge in [0, 0.05) is 19.4 Å². The van der Waals surface area contributed by atoms with E-state index in [1.165, 1.54) is 4.90 Å². The van der Waals surface area contributed by atoms with E-state index in [0.717, 1.165) is 25.9 Å². The lowest BCUT2D eigenvalue weighted by molar-refractivity contribution is -0.138. The number of nitrogens with one attached hydrogen (secondary N) is 1. The second-order valence-corrected chi connectivity index (χ2v) is 5.12. The molecule has 0 spiro atoms. The van der Waals surface area contributed by atoms with Crippen LogP contribution in [0, 0.1) is 0 Å². The van der Waals surface area contributed by atoms with E-state index >= 15 is 0 Å². The number of rotatable bonds is 11. The van der Waals surface area contributed by atoms with Crippen LogP contribution in [0.4, 0.5) is 0 Å². The second-order valence-electron chi connectivity index (χ2n) is 5.12. The van der Waals surface area contributed by atoms with Crippen LogP contribution in [0.5, 0.6) is 0 Å². The summed E-state index contributed by atoms with van der Waals surface area (Å²) < 4.78 is 10.1. The largest absolute Gasteiger partial charge is 0.494 e. The van der Waals surface area contributed by atoms with Gasteiger partial charge >= 0.3 is 0 Å². The summed E-state index contributed by atoms with van der Waals surface area (Å²) in [5.41, 5.74) is 0. The predicted octanol–water partition coefficient (Wildman–Crippen LogP) is 1.75. The van der Waals surface area contributed by atoms with Crippen LogP contribution in [-0.4, -0.2) is 50.6 Å². The van der Waals surface area contributed by atoms with Crippen LogP contribution in [0.2, 0.25) is 0 Å². The lowest BCUT2D eigenvalue weighted by atomic mass is 10.3. The summed E-state index contributed by atoms with van der Waals surface area (Å²) in [5, 5.41) is 3.28. The van der Waals surface area contributed by atoms with E-state index in [9.17, 15) is 9.59 Å². The number of amides is 2. The van der Waals surface area contributed by atoms with E-state index in [0.29, 0.717) is 30.9 Å². The number of carbonyl (C=O) groups is 2. The van der Waals surface area contributed by atoms with Crippen LogP contribution in [0.3, 0.4) is 0 Å². The fraction of sp³-hybridized carbons (Fsp3) is 0.529. The second kappa shape index (κ2) is 10.6. The van der Waals surface area contributed by atoms with Gasteiger partial charge in [-0.1, -0.05) is 18.7 Å². The summed E-state index contributed by atoms with van der Waals surface area (Å²) in [7, 11) is 3.12. The van der Waals surface area contributed by atoms with Gasteiger partial charge in [0.2, 0.25) is 11.8 Å². The van der Waals surface area contributed by atoms with Crippen molar-refractivity contribution in [3.05, 3.63) is 36.3 Å². The Hall–Kier alpha value is -2.08. The van der Waals surface area contributed by atoms with Gasteiger partial charge in [0.15, 0.2) is 11.5 Å². The standard InChI is InChI=1S/C17H26N2O4/c1-14(22-2)15(23-3)8-5-4-6-11-18-12-7-13-19-16(20)9-10-17(19)21/h4-5,8,18H,1,6-7,9-13H2,2-3H3/b5-4+,15-8+. The van der Waals surface area contributed by atoms with E-state index in [1.807, 2.05) is 12.2 Å². The van der Waals surface area contributed by atoms with Crippen molar-refractivity contribution < 1.29 is 19.1 Å². The number of nitrogens with zero attached hydrogens (tertiary/aromatic N) is 1. The van der Waals surface area contributed by atoms with Crippen molar-refractivity contribution in [2.75, 3.05) is 33.9 Å². The number of likely N-dealkylation sites (tertiary alicyclic amines) is 1. The van der Waals surface area contributed by atoms with E-state index in [-0.39, 0.29) is 11.8 Å². The van der Waals surface area contributed by atoms with Crippen molar-refractivity contribution in [3.8, 4) is 0 Å². The molecular weight excluding hydrogens is 296 g/mol. The molecule has 2 amide bonds. The first-order valence-electron chi connectivity index (χ1n) is 7.78. The monoisotopic (exact) mass is 322 g/mol. The van der Waals surface area contributed by atoms with Crippen molar-refractivity contribution in [1.82, 2.24) is 10.2 Å². The number of methoxy groups -OCH3 is 2. The lowest BCUT2D eigenvalue weighted by Crippen LogP contribution is -2.32. The van der Waals surface area contributed by atoms with Gasteiger partial charge in [-0.05, 0) is 32.0 Å². The third-order valence-corrected chi connectivity index (χ3v) is 3.50. The summed E-state index contributed by atoms with van der Waals surface area (Å²) in [6.07, 6.45) is 8.09. The first-order valence-corrected chi connectivity index (χ1v) is 7.78. The van der Waals surface area contributed by atoms with Crippen molar-refractivity contribution in [1.29, 1.82) is 0 Å². The van der Waals surface area contributed by atoms with Crippen LogP contribution < -0.4 is 5.32 Å². The highest BCUT2D eigenvalue weighted by molar-refractivity contribution is 6.01. The van der Waals surface area contributed by atoms with Gasteiger partial charge in [-0.15, -0.1) is 0 Å². The molecule has 23 heavy (non-hydrogen) atoms. The van der Waals surface area contributed by atoms with Crippen LogP contribution >= 0.6 is 0 Å². The quantitative estimate of drug-likeness (QED) is 0.272. The average molecular weight is 322 g/mol. The molecule has 1 aliphatic heterocycles. The number of hydrogen-bond acceptors (Lipinski definition) is 5. The highest BCUT2D eigenvalue weighted by Crippen LogP contribution is 2.11. The van der Waals surface area contributed by atoms with Crippen LogP contribution in [0.15, 0.2) is 36.3 Å². The molecule has 0 unspecified atom stereocenters. The molecule has 1 rings (SSSR count). The Bertz CT molecular complexity index is 467. The van der Waals surface area contributed by atoms with Crippen molar-refractivity contribution >= 4 is 11.8 Å². The van der Waals surface area contributed by atoms with Crippen LogP contribution in [0.25, 0.3) is 0 Å². The van der Waals surface area contributed by atoms with Gasteiger partial charge in [-0.25, -0.2) is 0 Å². The fourth-order valence-electron chi connectivity index (χ4n) is 2.17. The first-order chi connectivity index (χ1) is 11.1. The minimum Gasteiger partial charge on any atom is -0.494 e. The zero-order valence-corrected chi connectivity index (χ0v) is 14.0. The Labute approximate surface area is 137 Å². The Balaban J connectivity index is 2.10. The zero-order valence-electron chi connectivity index (χ0n) is 14.0. The maximum Gasteiger partial charge on any atom is 0.229 e. The van der Waals surface area contributed by atoms with Crippen molar-refractivity contribution in [2.45, 2.75) is 25.7 Å². The molecule has 1 fully saturated rings. The van der Waals surface area contributed by atoms with Crippen LogP contribution in [-0.2, 0) is 19.1 Å². The number of imide groups is 1. The van der Waals surface area contributed by atoms with Gasteiger partial charge in [-0.3, -0.25) is 14.5 Å². The third kappa shape index (κ3) is 6.69. The van der Waals surface area contributed by atoms with E-state index in [1.54, 1.807) is 20.3 Å². The summed E-state index contributed by atoms with van der Waals surface area (Å²) >= 11 is 0. The number of hydrogen-bond donors (Lipinski definition) is 1. The number of carbonyl (C=O) groups excluding carboxylic acids is 2. The molecule has 0 aromatic carbocycles. The maximum absolute atomic E-state index is 11.4. The average Bonchev–Trinajstić information content (AvgIpc) is 2.87. The SMILES string of the molecule is C=C(OC)/C(=C\C=C\CCNCCCN1C(=O)CCC1=O)OC. The predicted molar refractivity (Wildman–Crippen MR) is 88.4 cm³/mol. The molecule has 1 heterocycles. The number of allylic oxidation sites excluding steroid dienone is 2. The first kappa shape index (κ1) is 19.0. The molecule has 1 N–H and O–H groups in total. The molecule has 0 atom stereocenters. The van der Waals surface area contributed by atoms with E-state index in [2.05, 4.69) is 11.9 Å². The van der Waals surface area contributed by atoms with Crippen molar-refractivity contribution in [2.24, 2.45) is 0 Å². The third-order valence-electron chi connectivity index (χ3n) is 3.50. The smallest absolute Gasteiger partial charge is 0.229 e. The van der Waals surface area contributed by atoms with Gasteiger partial charge in [-0.2, -0.15) is 0 Å². The lowest BCUT2D eigenvalue weighted by Gasteiger charge is -2.13. The molecule has 0 aliphatic carbocycles. The molecule has 1 saturated heterocycles. The van der Waals surface area contributed by atoms with Gasteiger partial charge < -0.3 is 14.8 Å². The molecule has 1 aliphatic rings.